The maximum atomic E-state index is 12.7. The van der Waals surface area contributed by atoms with Crippen molar-refractivity contribution >= 4 is 32.9 Å². The number of aromatic nitrogens is 3. The Labute approximate surface area is 174 Å². The summed E-state index contributed by atoms with van der Waals surface area (Å²) in [7, 11) is -2.15. The maximum Gasteiger partial charge on any atom is 0.261 e. The number of anilines is 3. The molecule has 0 atom stereocenters. The highest BCUT2D eigenvalue weighted by Crippen LogP contribution is 2.23. The molecule has 0 aliphatic carbocycles. The van der Waals surface area contributed by atoms with Gasteiger partial charge in [-0.3, -0.25) is 4.72 Å². The fraction of sp³-hybridized carbons (Fsp3) is 0.143. The molecular weight excluding hydrogens is 402 g/mol. The van der Waals surface area contributed by atoms with Crippen molar-refractivity contribution in [1.82, 2.24) is 14.6 Å². The van der Waals surface area contributed by atoms with Gasteiger partial charge in [0, 0.05) is 29.2 Å². The Morgan fingerprint density at radius 3 is 2.23 bits per heavy atom. The molecule has 2 N–H and O–H groups in total. The first-order valence-corrected chi connectivity index (χ1v) is 10.7. The molecular formula is C21H21N5O3S. The molecule has 0 aliphatic heterocycles. The molecule has 0 saturated heterocycles. The minimum atomic E-state index is -3.71. The molecule has 0 unspecified atom stereocenters. The fourth-order valence-corrected chi connectivity index (χ4v) is 4.10. The number of hydrogen-bond donors (Lipinski definition) is 2. The summed E-state index contributed by atoms with van der Waals surface area (Å²) in [5.74, 6) is 1.40. The number of fused-ring (bicyclic) bond motifs is 1. The van der Waals surface area contributed by atoms with E-state index in [9.17, 15) is 8.42 Å². The normalized spacial score (nSPS) is 11.4. The summed E-state index contributed by atoms with van der Waals surface area (Å²) in [6, 6.07) is 17.0. The van der Waals surface area contributed by atoms with Crippen molar-refractivity contribution in [3.05, 3.63) is 72.1 Å². The van der Waals surface area contributed by atoms with E-state index in [4.69, 9.17) is 4.74 Å². The van der Waals surface area contributed by atoms with E-state index >= 15 is 0 Å². The lowest BCUT2D eigenvalue weighted by atomic mass is 10.3. The van der Waals surface area contributed by atoms with E-state index in [0.717, 1.165) is 28.5 Å². The molecule has 0 amide bonds. The molecule has 4 rings (SSSR count). The Hall–Kier alpha value is -3.59. The van der Waals surface area contributed by atoms with E-state index in [1.165, 1.54) is 0 Å². The number of aryl methyl sites for hydroxylation is 2. The third kappa shape index (κ3) is 4.06. The van der Waals surface area contributed by atoms with Crippen molar-refractivity contribution in [2.45, 2.75) is 18.7 Å². The molecule has 154 valence electrons. The Kier molecular flexibility index (Phi) is 5.04. The van der Waals surface area contributed by atoms with Gasteiger partial charge in [-0.15, -0.1) is 0 Å². The van der Waals surface area contributed by atoms with E-state index in [1.807, 2.05) is 26.0 Å². The van der Waals surface area contributed by atoms with Gasteiger partial charge in [0.05, 0.1) is 17.7 Å². The number of rotatable bonds is 6. The van der Waals surface area contributed by atoms with Crippen molar-refractivity contribution in [3.8, 4) is 5.75 Å². The van der Waals surface area contributed by atoms with Gasteiger partial charge in [-0.05, 0) is 62.4 Å². The summed E-state index contributed by atoms with van der Waals surface area (Å²) in [5, 5.41) is 7.72. The van der Waals surface area contributed by atoms with E-state index in [2.05, 4.69) is 20.1 Å². The first-order chi connectivity index (χ1) is 14.3. The second kappa shape index (κ2) is 7.68. The Morgan fingerprint density at radius 1 is 0.900 bits per heavy atom. The quantitative estimate of drug-likeness (QED) is 0.488. The summed E-state index contributed by atoms with van der Waals surface area (Å²) in [6.45, 7) is 3.82. The van der Waals surface area contributed by atoms with Gasteiger partial charge in [0.25, 0.3) is 10.0 Å². The number of methoxy groups -OCH3 is 1. The van der Waals surface area contributed by atoms with Crippen molar-refractivity contribution in [2.75, 3.05) is 17.1 Å². The van der Waals surface area contributed by atoms with Gasteiger partial charge in [0.15, 0.2) is 5.65 Å². The van der Waals surface area contributed by atoms with Gasteiger partial charge in [-0.2, -0.15) is 9.61 Å². The summed E-state index contributed by atoms with van der Waals surface area (Å²) < 4.78 is 34.7. The second-order valence-electron chi connectivity index (χ2n) is 6.82. The van der Waals surface area contributed by atoms with Crippen LogP contribution in [0.3, 0.4) is 0 Å². The van der Waals surface area contributed by atoms with Crippen molar-refractivity contribution in [2.24, 2.45) is 0 Å². The summed E-state index contributed by atoms with van der Waals surface area (Å²) in [5.41, 5.74) is 3.66. The smallest absolute Gasteiger partial charge is 0.261 e. The maximum absolute atomic E-state index is 12.7. The van der Waals surface area contributed by atoms with Crippen LogP contribution in [-0.2, 0) is 10.0 Å². The largest absolute Gasteiger partial charge is 0.497 e. The van der Waals surface area contributed by atoms with Crippen LogP contribution >= 0.6 is 0 Å². The predicted octanol–water partition coefficient (Wildman–Crippen LogP) is 3.90. The molecule has 0 fully saturated rings. The number of hydrogen-bond acceptors (Lipinski definition) is 6. The van der Waals surface area contributed by atoms with Crippen LogP contribution in [0.4, 0.5) is 17.2 Å². The number of sulfonamides is 1. The second-order valence-corrected chi connectivity index (χ2v) is 8.50. The molecule has 2 aromatic heterocycles. The molecule has 0 bridgehead atoms. The molecule has 2 heterocycles. The van der Waals surface area contributed by atoms with Gasteiger partial charge in [0.1, 0.15) is 11.6 Å². The van der Waals surface area contributed by atoms with Crippen LogP contribution in [0.2, 0.25) is 0 Å². The molecule has 4 aromatic rings. The molecule has 0 radical (unpaired) electrons. The highest BCUT2D eigenvalue weighted by atomic mass is 32.2. The highest BCUT2D eigenvalue weighted by molar-refractivity contribution is 7.92. The minimum absolute atomic E-state index is 0.162. The molecule has 8 nitrogen and oxygen atoms in total. The molecule has 30 heavy (non-hydrogen) atoms. The molecule has 9 heteroatoms. The summed E-state index contributed by atoms with van der Waals surface area (Å²) in [4.78, 5) is 4.62. The van der Waals surface area contributed by atoms with Gasteiger partial charge < -0.3 is 10.1 Å². The van der Waals surface area contributed by atoms with E-state index < -0.39 is 10.0 Å². The summed E-state index contributed by atoms with van der Waals surface area (Å²) >= 11 is 0. The Morgan fingerprint density at radius 2 is 1.57 bits per heavy atom. The van der Waals surface area contributed by atoms with Crippen molar-refractivity contribution in [3.63, 3.8) is 0 Å². The Bertz CT molecular complexity index is 1300. The SMILES string of the molecule is COc1ccc(NS(=O)(=O)c2ccc(Nc3cc(C)nc4cc(C)nn34)cc2)cc1. The Balaban J connectivity index is 1.55. The number of ether oxygens (including phenoxy) is 1. The predicted molar refractivity (Wildman–Crippen MR) is 116 cm³/mol. The lowest BCUT2D eigenvalue weighted by Gasteiger charge is -2.11. The van der Waals surface area contributed by atoms with Crippen LogP contribution in [0.5, 0.6) is 5.75 Å². The third-order valence-corrected chi connectivity index (χ3v) is 5.85. The highest BCUT2D eigenvalue weighted by Gasteiger charge is 2.14. The lowest BCUT2D eigenvalue weighted by Crippen LogP contribution is -2.12. The van der Waals surface area contributed by atoms with Crippen LogP contribution in [-0.4, -0.2) is 30.1 Å². The average Bonchev–Trinajstić information content (AvgIpc) is 3.09. The van der Waals surface area contributed by atoms with Crippen molar-refractivity contribution < 1.29 is 13.2 Å². The number of nitrogens with one attached hydrogen (secondary N) is 2. The van der Waals surface area contributed by atoms with Crippen molar-refractivity contribution in [1.29, 1.82) is 0 Å². The first-order valence-electron chi connectivity index (χ1n) is 9.22. The first kappa shape index (κ1) is 19.7. The zero-order chi connectivity index (χ0) is 21.3. The average molecular weight is 423 g/mol. The van der Waals surface area contributed by atoms with Gasteiger partial charge >= 0.3 is 0 Å². The number of nitrogens with zero attached hydrogens (tertiary/aromatic N) is 3. The minimum Gasteiger partial charge on any atom is -0.497 e. The van der Waals surface area contributed by atoms with Gasteiger partial charge in [0.2, 0.25) is 0 Å². The van der Waals surface area contributed by atoms with E-state index in [0.29, 0.717) is 11.4 Å². The molecule has 0 saturated carbocycles. The number of benzene rings is 2. The monoisotopic (exact) mass is 423 g/mol. The zero-order valence-corrected chi connectivity index (χ0v) is 17.6. The fourth-order valence-electron chi connectivity index (χ4n) is 3.04. The summed E-state index contributed by atoms with van der Waals surface area (Å²) in [6.07, 6.45) is 0. The van der Waals surface area contributed by atoms with E-state index in [-0.39, 0.29) is 4.90 Å². The van der Waals surface area contributed by atoms with Crippen LogP contribution < -0.4 is 14.8 Å². The molecule has 0 spiro atoms. The van der Waals surface area contributed by atoms with Crippen LogP contribution in [0.15, 0.2) is 65.6 Å². The van der Waals surface area contributed by atoms with Gasteiger partial charge in [-0.1, -0.05) is 0 Å². The van der Waals surface area contributed by atoms with E-state index in [1.54, 1.807) is 60.2 Å². The van der Waals surface area contributed by atoms with Crippen LogP contribution in [0.25, 0.3) is 5.65 Å². The zero-order valence-electron chi connectivity index (χ0n) is 16.7. The lowest BCUT2D eigenvalue weighted by molar-refractivity contribution is 0.415. The molecule has 0 aliphatic rings. The molecule has 2 aromatic carbocycles. The topological polar surface area (TPSA) is 97.6 Å². The third-order valence-electron chi connectivity index (χ3n) is 4.46. The standard InChI is InChI=1S/C21H21N5O3S/c1-14-12-21(26-20(22-14)13-15(2)24-26)23-16-6-10-19(11-7-16)30(27,28)25-17-4-8-18(29-3)9-5-17/h4-13,23,25H,1-3H3. The van der Waals surface area contributed by atoms with Gasteiger partial charge in [-0.25, -0.2) is 13.4 Å². The van der Waals surface area contributed by atoms with Crippen LogP contribution in [0, 0.1) is 13.8 Å². The van der Waals surface area contributed by atoms with Crippen LogP contribution in [0.1, 0.15) is 11.4 Å².